The highest BCUT2D eigenvalue weighted by Crippen LogP contribution is 2.30. The molecule has 13 heteroatoms. The number of hydrogen-bond acceptors (Lipinski definition) is 9. The van der Waals surface area contributed by atoms with Crippen molar-refractivity contribution in [2.24, 2.45) is 5.18 Å². The van der Waals surface area contributed by atoms with Crippen LogP contribution in [0.4, 0.5) is 17.1 Å². The summed E-state index contributed by atoms with van der Waals surface area (Å²) in [5.41, 5.74) is 2.96. The molecule has 1 heterocycles. The highest BCUT2D eigenvalue weighted by atomic mass is 127. The van der Waals surface area contributed by atoms with E-state index in [1.807, 2.05) is 31.2 Å². The fraction of sp³-hybridized carbons (Fsp3) is 0.226. The molecule has 230 valence electrons. The van der Waals surface area contributed by atoms with Crippen LogP contribution in [-0.4, -0.2) is 57.0 Å². The molecule has 3 aromatic carbocycles. The standard InChI is InChI=1S/C31H32IN5O6S/c1-4-17-43-30-20-23(36-39)6-12-28(30)35-31(38)13-15-37(44(40,41)25-9-7-24(42-3)8-10-25)16-14-33-29-18-21(2)34-27-11-5-22(32)19-26(27)29/h4-12,18-20H,1,13-17H2,2-3H3,(H,33,34)(H,35,38). The second-order valence-electron chi connectivity index (χ2n) is 9.65. The van der Waals surface area contributed by atoms with Crippen molar-refractivity contribution in [2.75, 3.05) is 44.0 Å². The number of aryl methyl sites for hydroxylation is 1. The average Bonchev–Trinajstić information content (AvgIpc) is 3.02. The number of hydrogen-bond donors (Lipinski definition) is 2. The van der Waals surface area contributed by atoms with E-state index in [0.29, 0.717) is 11.4 Å². The summed E-state index contributed by atoms with van der Waals surface area (Å²) < 4.78 is 40.6. The van der Waals surface area contributed by atoms with Gasteiger partial charge >= 0.3 is 0 Å². The largest absolute Gasteiger partial charge is 0.497 e. The zero-order valence-corrected chi connectivity index (χ0v) is 27.2. The molecule has 1 amide bonds. The molecule has 0 aliphatic rings. The number of sulfonamides is 1. The number of benzene rings is 3. The van der Waals surface area contributed by atoms with Gasteiger partial charge in [0.25, 0.3) is 0 Å². The number of amides is 1. The zero-order valence-electron chi connectivity index (χ0n) is 24.2. The lowest BCUT2D eigenvalue weighted by atomic mass is 10.1. The van der Waals surface area contributed by atoms with Gasteiger partial charge in [0.1, 0.15) is 23.8 Å². The molecule has 0 radical (unpaired) electrons. The van der Waals surface area contributed by atoms with Gasteiger partial charge in [-0.15, -0.1) is 4.91 Å². The van der Waals surface area contributed by atoms with Crippen LogP contribution in [0.25, 0.3) is 10.9 Å². The summed E-state index contributed by atoms with van der Waals surface area (Å²) in [4.78, 5) is 28.7. The Labute approximate surface area is 269 Å². The molecule has 0 saturated heterocycles. The molecular weight excluding hydrogens is 697 g/mol. The minimum atomic E-state index is -3.97. The van der Waals surface area contributed by atoms with Gasteiger partial charge < -0.3 is 20.1 Å². The van der Waals surface area contributed by atoms with Crippen LogP contribution in [0, 0.1) is 15.4 Å². The fourth-order valence-electron chi connectivity index (χ4n) is 4.42. The maximum Gasteiger partial charge on any atom is 0.243 e. The lowest BCUT2D eigenvalue weighted by Gasteiger charge is -2.23. The molecule has 0 spiro atoms. The second-order valence-corrected chi connectivity index (χ2v) is 12.8. The average molecular weight is 730 g/mol. The molecule has 1 aromatic heterocycles. The van der Waals surface area contributed by atoms with Gasteiger partial charge in [-0.1, -0.05) is 12.7 Å². The third kappa shape index (κ3) is 8.30. The smallest absolute Gasteiger partial charge is 0.243 e. The summed E-state index contributed by atoms with van der Waals surface area (Å²) in [5.74, 6) is 0.335. The highest BCUT2D eigenvalue weighted by molar-refractivity contribution is 14.1. The van der Waals surface area contributed by atoms with Crippen LogP contribution < -0.4 is 20.1 Å². The van der Waals surface area contributed by atoms with Gasteiger partial charge in [-0.3, -0.25) is 9.78 Å². The molecule has 0 aliphatic heterocycles. The van der Waals surface area contributed by atoms with Gasteiger partial charge in [0.15, 0.2) is 0 Å². The first-order valence-corrected chi connectivity index (χ1v) is 16.1. The van der Waals surface area contributed by atoms with Gasteiger partial charge in [0.05, 0.1) is 23.2 Å². The number of carbonyl (C=O) groups excluding carboxylic acids is 1. The molecule has 0 bridgehead atoms. The topological polar surface area (TPSA) is 139 Å². The first-order chi connectivity index (χ1) is 21.1. The van der Waals surface area contributed by atoms with Crippen molar-refractivity contribution in [3.05, 3.63) is 93.6 Å². The Morgan fingerprint density at radius 2 is 1.84 bits per heavy atom. The van der Waals surface area contributed by atoms with Crippen molar-refractivity contribution in [1.29, 1.82) is 0 Å². The van der Waals surface area contributed by atoms with Gasteiger partial charge in [-0.05, 0) is 95.4 Å². The molecule has 4 aromatic rings. The highest BCUT2D eigenvalue weighted by Gasteiger charge is 2.25. The van der Waals surface area contributed by atoms with Crippen LogP contribution in [0.3, 0.4) is 0 Å². The minimum Gasteiger partial charge on any atom is -0.497 e. The van der Waals surface area contributed by atoms with E-state index in [4.69, 9.17) is 9.47 Å². The number of nitrogens with one attached hydrogen (secondary N) is 2. The maximum atomic E-state index is 13.7. The predicted octanol–water partition coefficient (Wildman–Crippen LogP) is 6.25. The first-order valence-electron chi connectivity index (χ1n) is 13.6. The molecule has 0 unspecified atom stereocenters. The molecule has 44 heavy (non-hydrogen) atoms. The van der Waals surface area contributed by atoms with E-state index >= 15 is 0 Å². The van der Waals surface area contributed by atoms with Crippen LogP contribution in [0.1, 0.15) is 12.1 Å². The van der Waals surface area contributed by atoms with E-state index in [0.717, 1.165) is 25.9 Å². The van der Waals surface area contributed by atoms with Crippen LogP contribution in [0.5, 0.6) is 11.5 Å². The van der Waals surface area contributed by atoms with Gasteiger partial charge in [0.2, 0.25) is 15.9 Å². The Morgan fingerprint density at radius 3 is 2.55 bits per heavy atom. The van der Waals surface area contributed by atoms with Crippen molar-refractivity contribution in [2.45, 2.75) is 18.2 Å². The fourth-order valence-corrected chi connectivity index (χ4v) is 6.35. The van der Waals surface area contributed by atoms with Crippen molar-refractivity contribution in [1.82, 2.24) is 9.29 Å². The minimum absolute atomic E-state index is 0.0792. The number of nitroso groups, excluding NO2 is 1. The first kappa shape index (κ1) is 32.8. The number of pyridine rings is 1. The summed E-state index contributed by atoms with van der Waals surface area (Å²) >= 11 is 2.24. The number of anilines is 2. The molecule has 4 rings (SSSR count). The van der Waals surface area contributed by atoms with Gasteiger partial charge in [0, 0.05) is 52.5 Å². The second kappa shape index (κ2) is 15.1. The predicted molar refractivity (Wildman–Crippen MR) is 180 cm³/mol. The number of rotatable bonds is 15. The number of nitrogens with zero attached hydrogens (tertiary/aromatic N) is 3. The Kier molecular flexibility index (Phi) is 11.3. The van der Waals surface area contributed by atoms with Crippen molar-refractivity contribution >= 4 is 66.5 Å². The number of methoxy groups -OCH3 is 1. The molecular formula is C31H32IN5O6S. The number of carbonyl (C=O) groups is 1. The van der Waals surface area contributed by atoms with E-state index in [1.54, 1.807) is 12.1 Å². The van der Waals surface area contributed by atoms with Crippen LogP contribution >= 0.6 is 22.6 Å². The number of fused-ring (bicyclic) bond motifs is 1. The van der Waals surface area contributed by atoms with Crippen molar-refractivity contribution in [3.63, 3.8) is 0 Å². The number of ether oxygens (including phenoxy) is 2. The number of halogens is 1. The Bertz CT molecular complexity index is 1770. The monoisotopic (exact) mass is 729 g/mol. The molecule has 0 fully saturated rings. The third-order valence-corrected chi connectivity index (χ3v) is 9.15. The zero-order chi connectivity index (χ0) is 31.7. The van der Waals surface area contributed by atoms with Crippen LogP contribution in [-0.2, 0) is 14.8 Å². The third-order valence-electron chi connectivity index (χ3n) is 6.56. The quantitative estimate of drug-likeness (QED) is 0.0832. The normalized spacial score (nSPS) is 11.3. The van der Waals surface area contributed by atoms with E-state index in [-0.39, 0.29) is 49.0 Å². The van der Waals surface area contributed by atoms with Crippen LogP contribution in [0.2, 0.25) is 0 Å². The lowest BCUT2D eigenvalue weighted by Crippen LogP contribution is -2.37. The summed E-state index contributed by atoms with van der Waals surface area (Å²) in [6, 6.07) is 18.3. The summed E-state index contributed by atoms with van der Waals surface area (Å²) in [6.45, 7) is 5.93. The molecule has 0 atom stereocenters. The van der Waals surface area contributed by atoms with Crippen molar-refractivity contribution < 1.29 is 22.7 Å². The van der Waals surface area contributed by atoms with E-state index < -0.39 is 15.9 Å². The van der Waals surface area contributed by atoms with E-state index in [9.17, 15) is 18.1 Å². The van der Waals surface area contributed by atoms with E-state index in [1.165, 1.54) is 47.8 Å². The summed E-state index contributed by atoms with van der Waals surface area (Å²) in [7, 11) is -2.47. The maximum absolute atomic E-state index is 13.7. The Morgan fingerprint density at radius 1 is 1.07 bits per heavy atom. The van der Waals surface area contributed by atoms with Gasteiger partial charge in [-0.2, -0.15) is 4.31 Å². The molecule has 2 N–H and O–H groups in total. The Hall–Kier alpha value is -4.08. The summed E-state index contributed by atoms with van der Waals surface area (Å²) in [6.07, 6.45) is 1.39. The van der Waals surface area contributed by atoms with E-state index in [2.05, 4.69) is 50.0 Å². The van der Waals surface area contributed by atoms with Crippen molar-refractivity contribution in [3.8, 4) is 11.5 Å². The molecule has 0 saturated carbocycles. The molecule has 11 nitrogen and oxygen atoms in total. The SMILES string of the molecule is C=CCOc1cc(N=O)ccc1NC(=O)CCN(CCNc1cc(C)nc2ccc(I)cc12)S(=O)(=O)c1ccc(OC)cc1. The number of aromatic nitrogens is 1. The lowest BCUT2D eigenvalue weighted by molar-refractivity contribution is -0.116. The Balaban J connectivity index is 1.53. The van der Waals surface area contributed by atoms with Gasteiger partial charge in [-0.25, -0.2) is 8.42 Å². The molecule has 0 aliphatic carbocycles. The summed E-state index contributed by atoms with van der Waals surface area (Å²) in [5, 5.41) is 9.94. The van der Waals surface area contributed by atoms with Crippen LogP contribution in [0.15, 0.2) is 89.5 Å².